The van der Waals surface area contributed by atoms with Crippen LogP contribution in [0.15, 0.2) is 12.2 Å². The molecule has 0 amide bonds. The Balaban J connectivity index is 1.75. The first kappa shape index (κ1) is 13.1. The zero-order valence-corrected chi connectivity index (χ0v) is 11.4. The minimum atomic E-state index is 0.691. The molecule has 2 nitrogen and oxygen atoms in total. The third kappa shape index (κ3) is 3.56. The summed E-state index contributed by atoms with van der Waals surface area (Å²) in [6.45, 7) is 12.1. The third-order valence-corrected chi connectivity index (χ3v) is 4.50. The molecule has 0 atom stereocenters. The molecular weight excluding hydrogens is 208 g/mol. The molecular formula is C15H28N2. The fraction of sp³-hybridized carbons (Fsp3) is 0.867. The van der Waals surface area contributed by atoms with Crippen LogP contribution >= 0.6 is 0 Å². The Hall–Kier alpha value is -0.340. The van der Waals surface area contributed by atoms with Gasteiger partial charge in [0.05, 0.1) is 0 Å². The second kappa shape index (κ2) is 6.01. The zero-order chi connectivity index (χ0) is 12.1. The SMILES string of the molecule is C=C(CNCC)CN1CCC2(CCCCC2)C1. The van der Waals surface area contributed by atoms with E-state index in [1.807, 2.05) is 0 Å². The maximum atomic E-state index is 4.19. The monoisotopic (exact) mass is 236 g/mol. The molecule has 1 saturated heterocycles. The minimum Gasteiger partial charge on any atom is -0.313 e. The third-order valence-electron chi connectivity index (χ3n) is 4.50. The van der Waals surface area contributed by atoms with Gasteiger partial charge in [-0.05, 0) is 43.3 Å². The number of hydrogen-bond acceptors (Lipinski definition) is 2. The average molecular weight is 236 g/mol. The van der Waals surface area contributed by atoms with Gasteiger partial charge >= 0.3 is 0 Å². The van der Waals surface area contributed by atoms with Gasteiger partial charge in [0.1, 0.15) is 0 Å². The van der Waals surface area contributed by atoms with Crippen LogP contribution in [0.25, 0.3) is 0 Å². The number of nitrogens with one attached hydrogen (secondary N) is 1. The number of likely N-dealkylation sites (N-methyl/N-ethyl adjacent to an activating group) is 1. The van der Waals surface area contributed by atoms with E-state index in [2.05, 4.69) is 23.7 Å². The van der Waals surface area contributed by atoms with Crippen LogP contribution in [0.3, 0.4) is 0 Å². The first-order valence-electron chi connectivity index (χ1n) is 7.34. The van der Waals surface area contributed by atoms with Gasteiger partial charge in [-0.15, -0.1) is 0 Å². The number of rotatable bonds is 5. The van der Waals surface area contributed by atoms with Crippen molar-refractivity contribution in [3.8, 4) is 0 Å². The van der Waals surface area contributed by atoms with Crippen LogP contribution in [0, 0.1) is 5.41 Å². The van der Waals surface area contributed by atoms with Gasteiger partial charge in [-0.2, -0.15) is 0 Å². The summed E-state index contributed by atoms with van der Waals surface area (Å²) in [5.41, 5.74) is 2.04. The van der Waals surface area contributed by atoms with E-state index in [0.717, 1.165) is 19.6 Å². The van der Waals surface area contributed by atoms with E-state index in [9.17, 15) is 0 Å². The molecule has 0 aromatic rings. The lowest BCUT2D eigenvalue weighted by molar-refractivity contribution is 0.190. The zero-order valence-electron chi connectivity index (χ0n) is 11.4. The average Bonchev–Trinajstić information content (AvgIpc) is 2.70. The molecule has 1 N–H and O–H groups in total. The van der Waals surface area contributed by atoms with E-state index in [1.165, 1.54) is 57.2 Å². The van der Waals surface area contributed by atoms with Crippen LogP contribution in [0.1, 0.15) is 45.4 Å². The highest BCUT2D eigenvalue weighted by atomic mass is 15.2. The van der Waals surface area contributed by atoms with Gasteiger partial charge in [-0.1, -0.05) is 32.8 Å². The molecule has 1 spiro atoms. The van der Waals surface area contributed by atoms with E-state index < -0.39 is 0 Å². The van der Waals surface area contributed by atoms with Gasteiger partial charge in [0.2, 0.25) is 0 Å². The second-order valence-corrected chi connectivity index (χ2v) is 6.05. The largest absolute Gasteiger partial charge is 0.313 e. The molecule has 0 aromatic heterocycles. The number of likely N-dealkylation sites (tertiary alicyclic amines) is 1. The van der Waals surface area contributed by atoms with Crippen LogP contribution in [-0.4, -0.2) is 37.6 Å². The van der Waals surface area contributed by atoms with Crippen LogP contribution in [0.5, 0.6) is 0 Å². The second-order valence-electron chi connectivity index (χ2n) is 6.05. The van der Waals surface area contributed by atoms with Crippen molar-refractivity contribution in [2.24, 2.45) is 5.41 Å². The summed E-state index contributed by atoms with van der Waals surface area (Å²) in [4.78, 5) is 2.63. The lowest BCUT2D eigenvalue weighted by atomic mass is 9.73. The van der Waals surface area contributed by atoms with Gasteiger partial charge in [0.25, 0.3) is 0 Å². The lowest BCUT2D eigenvalue weighted by Gasteiger charge is -2.33. The molecule has 0 radical (unpaired) electrons. The molecule has 2 heteroatoms. The van der Waals surface area contributed by atoms with E-state index in [-0.39, 0.29) is 0 Å². The molecule has 2 aliphatic rings. The van der Waals surface area contributed by atoms with E-state index >= 15 is 0 Å². The Morgan fingerprint density at radius 1 is 1.24 bits per heavy atom. The van der Waals surface area contributed by atoms with Crippen LogP contribution in [-0.2, 0) is 0 Å². The molecule has 0 bridgehead atoms. The van der Waals surface area contributed by atoms with Gasteiger partial charge < -0.3 is 5.32 Å². The topological polar surface area (TPSA) is 15.3 Å². The van der Waals surface area contributed by atoms with Gasteiger partial charge in [-0.25, -0.2) is 0 Å². The van der Waals surface area contributed by atoms with E-state index in [1.54, 1.807) is 0 Å². The summed E-state index contributed by atoms with van der Waals surface area (Å²) in [7, 11) is 0. The predicted octanol–water partition coefficient (Wildman–Crippen LogP) is 2.81. The highest BCUT2D eigenvalue weighted by Gasteiger charge is 2.38. The summed E-state index contributed by atoms with van der Waals surface area (Å²) in [6, 6.07) is 0. The van der Waals surface area contributed by atoms with Crippen LogP contribution in [0.2, 0.25) is 0 Å². The maximum Gasteiger partial charge on any atom is 0.0203 e. The molecule has 0 aromatic carbocycles. The highest BCUT2D eigenvalue weighted by Crippen LogP contribution is 2.43. The smallest absolute Gasteiger partial charge is 0.0203 e. The molecule has 98 valence electrons. The molecule has 2 rings (SSSR count). The maximum absolute atomic E-state index is 4.19. The van der Waals surface area contributed by atoms with Crippen molar-refractivity contribution in [3.63, 3.8) is 0 Å². The van der Waals surface area contributed by atoms with Crippen molar-refractivity contribution in [1.29, 1.82) is 0 Å². The number of hydrogen-bond donors (Lipinski definition) is 1. The Morgan fingerprint density at radius 3 is 2.71 bits per heavy atom. The summed E-state index contributed by atoms with van der Waals surface area (Å²) in [5.74, 6) is 0. The molecule has 1 aliphatic carbocycles. The molecule has 1 saturated carbocycles. The molecule has 0 unspecified atom stereocenters. The Morgan fingerprint density at radius 2 is 2.00 bits per heavy atom. The normalized spacial score (nSPS) is 24.3. The highest BCUT2D eigenvalue weighted by molar-refractivity contribution is 5.02. The summed E-state index contributed by atoms with van der Waals surface area (Å²) >= 11 is 0. The first-order valence-corrected chi connectivity index (χ1v) is 7.34. The van der Waals surface area contributed by atoms with E-state index in [4.69, 9.17) is 0 Å². The van der Waals surface area contributed by atoms with Crippen LogP contribution in [0.4, 0.5) is 0 Å². The summed E-state index contributed by atoms with van der Waals surface area (Å²) in [5, 5.41) is 3.37. The minimum absolute atomic E-state index is 0.691. The fourth-order valence-electron chi connectivity index (χ4n) is 3.55. The van der Waals surface area contributed by atoms with Crippen molar-refractivity contribution in [2.45, 2.75) is 45.4 Å². The van der Waals surface area contributed by atoms with Gasteiger partial charge in [0.15, 0.2) is 0 Å². The Bertz CT molecular complexity index is 254. The number of nitrogens with zero attached hydrogens (tertiary/aromatic N) is 1. The standard InChI is InChI=1S/C15H28N2/c1-3-16-11-14(2)12-17-10-9-15(13-17)7-5-4-6-8-15/h16H,2-13H2,1H3. The van der Waals surface area contributed by atoms with Gasteiger partial charge in [0, 0.05) is 19.6 Å². The molecule has 1 aliphatic heterocycles. The Labute approximate surface area is 106 Å². The summed E-state index contributed by atoms with van der Waals surface area (Å²) < 4.78 is 0. The van der Waals surface area contributed by atoms with E-state index in [0.29, 0.717) is 5.41 Å². The quantitative estimate of drug-likeness (QED) is 0.738. The van der Waals surface area contributed by atoms with Crippen molar-refractivity contribution < 1.29 is 0 Å². The molecule has 1 heterocycles. The summed E-state index contributed by atoms with van der Waals surface area (Å²) in [6.07, 6.45) is 8.78. The lowest BCUT2D eigenvalue weighted by Crippen LogP contribution is -2.31. The fourth-order valence-corrected chi connectivity index (χ4v) is 3.55. The molecule has 2 fully saturated rings. The molecule has 17 heavy (non-hydrogen) atoms. The van der Waals surface area contributed by atoms with Crippen molar-refractivity contribution in [3.05, 3.63) is 12.2 Å². The first-order chi connectivity index (χ1) is 8.24. The van der Waals surface area contributed by atoms with Crippen LogP contribution < -0.4 is 5.32 Å². The van der Waals surface area contributed by atoms with Gasteiger partial charge in [-0.3, -0.25) is 4.90 Å². The van der Waals surface area contributed by atoms with Crippen molar-refractivity contribution in [2.75, 3.05) is 32.7 Å². The predicted molar refractivity (Wildman–Crippen MR) is 74.3 cm³/mol. The van der Waals surface area contributed by atoms with Crippen molar-refractivity contribution >= 4 is 0 Å². The van der Waals surface area contributed by atoms with Crippen molar-refractivity contribution in [1.82, 2.24) is 10.2 Å². The Kier molecular flexibility index (Phi) is 4.63.